The highest BCUT2D eigenvalue weighted by Crippen LogP contribution is 2.61. The molecule has 1 aromatic rings. The maximum absolute atomic E-state index is 13.1. The quantitative estimate of drug-likeness (QED) is 0.764. The van der Waals surface area contributed by atoms with Crippen molar-refractivity contribution in [3.8, 4) is 0 Å². The van der Waals surface area contributed by atoms with Gasteiger partial charge in [-0.25, -0.2) is 0 Å². The van der Waals surface area contributed by atoms with Crippen molar-refractivity contribution in [3.63, 3.8) is 0 Å². The Bertz CT molecular complexity index is 736. The van der Waals surface area contributed by atoms with E-state index in [0.717, 1.165) is 12.8 Å². The summed E-state index contributed by atoms with van der Waals surface area (Å²) in [7, 11) is 0. The van der Waals surface area contributed by atoms with Gasteiger partial charge in [0.1, 0.15) is 0 Å². The molecule has 0 aromatic heterocycles. The fourth-order valence-electron chi connectivity index (χ4n) is 4.67. The van der Waals surface area contributed by atoms with E-state index in [1.807, 2.05) is 24.3 Å². The molecule has 22 heavy (non-hydrogen) atoms. The minimum absolute atomic E-state index is 0.141. The molecule has 0 radical (unpaired) electrons. The first-order valence-electron chi connectivity index (χ1n) is 8.04. The molecule has 0 N–H and O–H groups in total. The van der Waals surface area contributed by atoms with Crippen molar-refractivity contribution >= 4 is 11.6 Å². The van der Waals surface area contributed by atoms with Crippen LogP contribution in [0.15, 0.2) is 48.1 Å². The van der Waals surface area contributed by atoms with Gasteiger partial charge in [-0.05, 0) is 32.6 Å². The van der Waals surface area contributed by atoms with Gasteiger partial charge in [0.15, 0.2) is 11.6 Å². The molecule has 3 aliphatic carbocycles. The molecule has 0 spiro atoms. The average Bonchev–Trinajstić information content (AvgIpc) is 3.07. The molecule has 2 bridgehead atoms. The van der Waals surface area contributed by atoms with Gasteiger partial charge in [0.2, 0.25) is 0 Å². The van der Waals surface area contributed by atoms with Gasteiger partial charge in [-0.1, -0.05) is 48.1 Å². The molecule has 3 aliphatic rings. The molecule has 2 nitrogen and oxygen atoms in total. The Morgan fingerprint density at radius 2 is 1.86 bits per heavy atom. The van der Waals surface area contributed by atoms with Crippen LogP contribution in [0.5, 0.6) is 0 Å². The molecule has 4 atom stereocenters. The zero-order valence-corrected chi connectivity index (χ0v) is 13.0. The van der Waals surface area contributed by atoms with Crippen molar-refractivity contribution in [2.45, 2.75) is 26.7 Å². The van der Waals surface area contributed by atoms with E-state index in [0.29, 0.717) is 11.1 Å². The molecule has 1 saturated carbocycles. The lowest BCUT2D eigenvalue weighted by Gasteiger charge is -2.37. The third-order valence-electron chi connectivity index (χ3n) is 5.66. The second kappa shape index (κ2) is 4.52. The van der Waals surface area contributed by atoms with Crippen LogP contribution in [0.25, 0.3) is 0 Å². The van der Waals surface area contributed by atoms with Crippen molar-refractivity contribution in [1.29, 1.82) is 0 Å². The Morgan fingerprint density at radius 3 is 2.55 bits per heavy atom. The van der Waals surface area contributed by atoms with Gasteiger partial charge in [-0.2, -0.15) is 0 Å². The molecule has 0 heterocycles. The molecule has 0 amide bonds. The molecular weight excluding hydrogens is 272 g/mol. The summed E-state index contributed by atoms with van der Waals surface area (Å²) in [5, 5.41) is 0. The number of allylic oxidation sites excluding steroid dienone is 4. The van der Waals surface area contributed by atoms with Crippen molar-refractivity contribution in [2.24, 2.45) is 23.2 Å². The second-order valence-electron chi connectivity index (χ2n) is 7.22. The van der Waals surface area contributed by atoms with Crippen LogP contribution in [0.1, 0.15) is 47.4 Å². The maximum Gasteiger partial charge on any atom is 0.168 e. The number of hydrogen-bond donors (Lipinski definition) is 0. The van der Waals surface area contributed by atoms with Gasteiger partial charge < -0.3 is 0 Å². The van der Waals surface area contributed by atoms with E-state index in [4.69, 9.17) is 0 Å². The highest BCUT2D eigenvalue weighted by molar-refractivity contribution is 6.17. The standard InChI is InChI=1S/C20H20O2/c1-12(2)7-9-20-10-8-13(11-20)16-17(20)19(22)15-6-4-3-5-14(15)18(16)21/h3-8,10,13,16-17H,9,11H2,1-2H3/t13-,16?,17?,20+/m1/s1. The lowest BCUT2D eigenvalue weighted by atomic mass is 9.63. The number of Topliss-reactive ketones (excluding diaryl/α,β-unsaturated/α-hetero) is 2. The summed E-state index contributed by atoms with van der Waals surface area (Å²) in [5.74, 6) is 0.279. The van der Waals surface area contributed by atoms with Crippen molar-refractivity contribution < 1.29 is 9.59 Å². The van der Waals surface area contributed by atoms with E-state index in [9.17, 15) is 9.59 Å². The zero-order chi connectivity index (χ0) is 15.5. The molecule has 1 aromatic carbocycles. The van der Waals surface area contributed by atoms with Crippen molar-refractivity contribution in [2.75, 3.05) is 0 Å². The smallest absolute Gasteiger partial charge is 0.168 e. The third-order valence-corrected chi connectivity index (χ3v) is 5.66. The summed E-state index contributed by atoms with van der Waals surface area (Å²) < 4.78 is 0. The molecular formula is C20H20O2. The number of rotatable bonds is 2. The molecule has 2 unspecified atom stereocenters. The first-order valence-corrected chi connectivity index (χ1v) is 8.04. The first-order chi connectivity index (χ1) is 10.5. The van der Waals surface area contributed by atoms with Gasteiger partial charge in [0, 0.05) is 28.4 Å². The maximum atomic E-state index is 13.1. The second-order valence-corrected chi connectivity index (χ2v) is 7.22. The number of ketones is 2. The topological polar surface area (TPSA) is 34.1 Å². The average molecular weight is 292 g/mol. The molecule has 1 fully saturated rings. The van der Waals surface area contributed by atoms with Crippen molar-refractivity contribution in [3.05, 3.63) is 59.2 Å². The highest BCUT2D eigenvalue weighted by atomic mass is 16.1. The summed E-state index contributed by atoms with van der Waals surface area (Å²) in [6, 6.07) is 7.34. The Labute approximate surface area is 130 Å². The van der Waals surface area contributed by atoms with Crippen LogP contribution < -0.4 is 0 Å². The number of fused-ring (bicyclic) bond motifs is 6. The molecule has 112 valence electrons. The summed E-state index contributed by atoms with van der Waals surface area (Å²) in [4.78, 5) is 26.0. The van der Waals surface area contributed by atoms with E-state index in [1.54, 1.807) is 0 Å². The van der Waals surface area contributed by atoms with Crippen LogP contribution in [0.2, 0.25) is 0 Å². The van der Waals surface area contributed by atoms with Crippen LogP contribution in [-0.4, -0.2) is 11.6 Å². The molecule has 2 heteroatoms. The van der Waals surface area contributed by atoms with Gasteiger partial charge in [-0.15, -0.1) is 0 Å². The van der Waals surface area contributed by atoms with E-state index in [2.05, 4.69) is 32.1 Å². The number of carbonyl (C=O) groups is 2. The summed E-state index contributed by atoms with van der Waals surface area (Å²) >= 11 is 0. The Kier molecular flexibility index (Phi) is 2.81. The Hall–Kier alpha value is -1.96. The largest absolute Gasteiger partial charge is 0.294 e. The summed E-state index contributed by atoms with van der Waals surface area (Å²) in [6.45, 7) is 4.17. The zero-order valence-electron chi connectivity index (χ0n) is 13.0. The monoisotopic (exact) mass is 292 g/mol. The first kappa shape index (κ1) is 13.7. The minimum Gasteiger partial charge on any atom is -0.294 e. The third kappa shape index (κ3) is 1.67. The lowest BCUT2D eigenvalue weighted by Crippen LogP contribution is -2.42. The van der Waals surface area contributed by atoms with Crippen LogP contribution in [-0.2, 0) is 0 Å². The minimum atomic E-state index is -0.166. The van der Waals surface area contributed by atoms with E-state index >= 15 is 0 Å². The van der Waals surface area contributed by atoms with Crippen LogP contribution in [0, 0.1) is 23.2 Å². The lowest BCUT2D eigenvalue weighted by molar-refractivity contribution is 0.0665. The van der Waals surface area contributed by atoms with E-state index < -0.39 is 0 Å². The molecule has 0 saturated heterocycles. The fourth-order valence-corrected chi connectivity index (χ4v) is 4.67. The Balaban J connectivity index is 1.83. The number of hydrogen-bond acceptors (Lipinski definition) is 2. The van der Waals surface area contributed by atoms with Gasteiger partial charge >= 0.3 is 0 Å². The predicted molar refractivity (Wildman–Crippen MR) is 85.8 cm³/mol. The SMILES string of the molecule is CC(C)=CC[C@]12C=C[C@H](C1)C1C(=O)c3ccccc3C(=O)C12. The molecule has 0 aliphatic heterocycles. The Morgan fingerprint density at radius 1 is 1.18 bits per heavy atom. The van der Waals surface area contributed by atoms with Crippen molar-refractivity contribution in [1.82, 2.24) is 0 Å². The van der Waals surface area contributed by atoms with Gasteiger partial charge in [0.05, 0.1) is 0 Å². The normalized spacial score (nSPS) is 34.5. The highest BCUT2D eigenvalue weighted by Gasteiger charge is 2.61. The van der Waals surface area contributed by atoms with Crippen LogP contribution in [0.4, 0.5) is 0 Å². The van der Waals surface area contributed by atoms with Gasteiger partial charge in [-0.3, -0.25) is 9.59 Å². The fraction of sp³-hybridized carbons (Fsp3) is 0.400. The summed E-state index contributed by atoms with van der Waals surface area (Å²) in [6.07, 6.45) is 8.42. The number of benzene rings is 1. The van der Waals surface area contributed by atoms with Gasteiger partial charge in [0.25, 0.3) is 0 Å². The number of carbonyl (C=O) groups excluding carboxylic acids is 2. The van der Waals surface area contributed by atoms with E-state index in [-0.39, 0.29) is 34.7 Å². The van der Waals surface area contributed by atoms with Crippen LogP contribution >= 0.6 is 0 Å². The molecule has 4 rings (SSSR count). The van der Waals surface area contributed by atoms with Crippen LogP contribution in [0.3, 0.4) is 0 Å². The summed E-state index contributed by atoms with van der Waals surface area (Å²) in [5.41, 5.74) is 2.38. The predicted octanol–water partition coefficient (Wildman–Crippen LogP) is 4.23. The van der Waals surface area contributed by atoms with E-state index in [1.165, 1.54) is 5.57 Å².